The van der Waals surface area contributed by atoms with Crippen molar-refractivity contribution in [1.82, 2.24) is 5.32 Å². The summed E-state index contributed by atoms with van der Waals surface area (Å²) in [7, 11) is 0. The number of carbonyl (C=O) groups is 1. The summed E-state index contributed by atoms with van der Waals surface area (Å²) in [6.45, 7) is 2.98. The monoisotopic (exact) mass is 369 g/mol. The predicted molar refractivity (Wildman–Crippen MR) is 103 cm³/mol. The lowest BCUT2D eigenvalue weighted by Gasteiger charge is -2.07. The fourth-order valence-corrected chi connectivity index (χ4v) is 2.58. The summed E-state index contributed by atoms with van der Waals surface area (Å²) < 4.78 is 11.4. The van der Waals surface area contributed by atoms with Crippen LogP contribution >= 0.6 is 11.6 Å². The molecule has 0 atom stereocenters. The van der Waals surface area contributed by atoms with Crippen molar-refractivity contribution < 1.29 is 13.9 Å². The summed E-state index contributed by atoms with van der Waals surface area (Å²) in [6, 6.07) is 18.3. The first-order valence-corrected chi connectivity index (χ1v) is 8.89. The van der Waals surface area contributed by atoms with Crippen LogP contribution in [0.4, 0.5) is 0 Å². The van der Waals surface area contributed by atoms with Crippen LogP contribution < -0.4 is 10.1 Å². The quantitative estimate of drug-likeness (QED) is 0.613. The average Bonchev–Trinajstić information content (AvgIpc) is 3.14. The zero-order valence-corrected chi connectivity index (χ0v) is 15.3. The van der Waals surface area contributed by atoms with E-state index in [0.29, 0.717) is 35.2 Å². The maximum Gasteiger partial charge on any atom is 0.251 e. The van der Waals surface area contributed by atoms with Gasteiger partial charge in [0, 0.05) is 16.1 Å². The smallest absolute Gasteiger partial charge is 0.251 e. The van der Waals surface area contributed by atoms with E-state index in [9.17, 15) is 4.79 Å². The van der Waals surface area contributed by atoms with Crippen molar-refractivity contribution >= 4 is 17.5 Å². The van der Waals surface area contributed by atoms with Gasteiger partial charge in [0.1, 0.15) is 17.3 Å². The number of hydrogen-bond acceptors (Lipinski definition) is 3. The summed E-state index contributed by atoms with van der Waals surface area (Å²) in [5, 5.41) is 3.54. The Bertz CT molecular complexity index is 871. The number of carbonyl (C=O) groups excluding carboxylic acids is 1. The molecule has 2 aromatic carbocycles. The normalized spacial score (nSPS) is 10.5. The highest BCUT2D eigenvalue weighted by atomic mass is 35.5. The number of benzene rings is 2. The summed E-state index contributed by atoms with van der Waals surface area (Å²) in [5.74, 6) is 1.95. The number of ether oxygens (including phenoxy) is 1. The minimum atomic E-state index is -0.170. The number of nitrogens with one attached hydrogen (secondary N) is 1. The third-order valence-corrected chi connectivity index (χ3v) is 4.03. The van der Waals surface area contributed by atoms with Gasteiger partial charge in [-0.25, -0.2) is 0 Å². The molecular weight excluding hydrogens is 350 g/mol. The minimum Gasteiger partial charge on any atom is -0.494 e. The molecule has 1 heterocycles. The van der Waals surface area contributed by atoms with Gasteiger partial charge in [0.2, 0.25) is 0 Å². The average molecular weight is 370 g/mol. The second-order valence-electron chi connectivity index (χ2n) is 5.83. The van der Waals surface area contributed by atoms with E-state index in [-0.39, 0.29) is 5.91 Å². The molecule has 0 radical (unpaired) electrons. The van der Waals surface area contributed by atoms with E-state index in [1.165, 1.54) is 0 Å². The van der Waals surface area contributed by atoms with E-state index < -0.39 is 0 Å². The zero-order valence-electron chi connectivity index (χ0n) is 14.5. The summed E-state index contributed by atoms with van der Waals surface area (Å²) in [5.41, 5.74) is 1.50. The highest BCUT2D eigenvalue weighted by Crippen LogP contribution is 2.24. The summed E-state index contributed by atoms with van der Waals surface area (Å²) >= 11 is 5.90. The van der Waals surface area contributed by atoms with Crippen LogP contribution in [0.25, 0.3) is 11.3 Å². The topological polar surface area (TPSA) is 51.5 Å². The van der Waals surface area contributed by atoms with Crippen LogP contribution in [0.1, 0.15) is 29.5 Å². The molecule has 4 nitrogen and oxygen atoms in total. The van der Waals surface area contributed by atoms with E-state index in [1.54, 1.807) is 12.1 Å². The summed E-state index contributed by atoms with van der Waals surface area (Å²) in [4.78, 5) is 12.3. The molecule has 26 heavy (non-hydrogen) atoms. The van der Waals surface area contributed by atoms with Crippen LogP contribution in [0, 0.1) is 0 Å². The van der Waals surface area contributed by atoms with Gasteiger partial charge in [-0.2, -0.15) is 0 Å². The number of furan rings is 1. The van der Waals surface area contributed by atoms with Gasteiger partial charge in [-0.3, -0.25) is 4.79 Å². The van der Waals surface area contributed by atoms with Gasteiger partial charge in [-0.1, -0.05) is 24.6 Å². The van der Waals surface area contributed by atoms with Crippen molar-refractivity contribution in [2.75, 3.05) is 6.61 Å². The molecule has 5 heteroatoms. The molecule has 0 saturated heterocycles. The molecule has 3 aromatic rings. The zero-order chi connectivity index (χ0) is 18.4. The fourth-order valence-electron chi connectivity index (χ4n) is 2.46. The van der Waals surface area contributed by atoms with Crippen molar-refractivity contribution in [2.45, 2.75) is 19.9 Å². The van der Waals surface area contributed by atoms with E-state index in [4.69, 9.17) is 20.8 Å². The Morgan fingerprint density at radius 3 is 2.69 bits per heavy atom. The van der Waals surface area contributed by atoms with Gasteiger partial charge in [0.15, 0.2) is 0 Å². The van der Waals surface area contributed by atoms with Crippen LogP contribution in [0.3, 0.4) is 0 Å². The Balaban J connectivity index is 1.60. The van der Waals surface area contributed by atoms with Crippen molar-refractivity contribution in [3.63, 3.8) is 0 Å². The standard InChI is InChI=1S/C21H20ClNO3/c1-2-12-25-18-5-3-4-16(13-18)21(24)23-14-19-10-11-20(26-19)15-6-8-17(22)9-7-15/h3-11,13H,2,12,14H2,1H3,(H,23,24). The highest BCUT2D eigenvalue weighted by molar-refractivity contribution is 6.30. The highest BCUT2D eigenvalue weighted by Gasteiger charge is 2.09. The minimum absolute atomic E-state index is 0.170. The molecule has 1 aromatic heterocycles. The number of halogens is 1. The molecule has 1 amide bonds. The molecule has 0 fully saturated rings. The number of amides is 1. The third-order valence-electron chi connectivity index (χ3n) is 3.78. The van der Waals surface area contributed by atoms with Crippen LogP contribution in [0.5, 0.6) is 5.75 Å². The number of rotatable bonds is 7. The van der Waals surface area contributed by atoms with Gasteiger partial charge in [0.25, 0.3) is 5.91 Å². The Kier molecular flexibility index (Phi) is 5.97. The second-order valence-corrected chi connectivity index (χ2v) is 6.27. The molecule has 3 rings (SSSR count). The predicted octanol–water partition coefficient (Wildman–Crippen LogP) is 5.32. The van der Waals surface area contributed by atoms with E-state index >= 15 is 0 Å². The van der Waals surface area contributed by atoms with Crippen LogP contribution in [0.15, 0.2) is 65.1 Å². The Morgan fingerprint density at radius 2 is 1.92 bits per heavy atom. The van der Waals surface area contributed by atoms with Gasteiger partial charge in [0.05, 0.1) is 13.2 Å². The summed E-state index contributed by atoms with van der Waals surface area (Å²) in [6.07, 6.45) is 0.921. The first-order valence-electron chi connectivity index (χ1n) is 8.51. The van der Waals surface area contributed by atoms with Crippen LogP contribution in [-0.2, 0) is 6.54 Å². The van der Waals surface area contributed by atoms with Gasteiger partial charge in [-0.15, -0.1) is 0 Å². The van der Waals surface area contributed by atoms with Crippen LogP contribution in [0.2, 0.25) is 5.02 Å². The molecule has 0 aliphatic carbocycles. The molecule has 0 spiro atoms. The second kappa shape index (κ2) is 8.59. The van der Waals surface area contributed by atoms with E-state index in [2.05, 4.69) is 5.32 Å². The van der Waals surface area contributed by atoms with Gasteiger partial charge >= 0.3 is 0 Å². The molecule has 0 unspecified atom stereocenters. The molecule has 0 saturated carbocycles. The van der Waals surface area contributed by atoms with E-state index in [0.717, 1.165) is 17.7 Å². The third kappa shape index (κ3) is 4.67. The molecule has 0 aliphatic heterocycles. The first-order chi connectivity index (χ1) is 12.7. The fraction of sp³-hybridized carbons (Fsp3) is 0.190. The maximum absolute atomic E-state index is 12.3. The lowest BCUT2D eigenvalue weighted by molar-refractivity contribution is 0.0947. The molecule has 0 bridgehead atoms. The largest absolute Gasteiger partial charge is 0.494 e. The van der Waals surface area contributed by atoms with Gasteiger partial charge < -0.3 is 14.5 Å². The van der Waals surface area contributed by atoms with Crippen molar-refractivity contribution in [2.24, 2.45) is 0 Å². The Morgan fingerprint density at radius 1 is 1.12 bits per heavy atom. The SMILES string of the molecule is CCCOc1cccc(C(=O)NCc2ccc(-c3ccc(Cl)cc3)o2)c1. The van der Waals surface area contributed by atoms with Crippen LogP contribution in [-0.4, -0.2) is 12.5 Å². The lowest BCUT2D eigenvalue weighted by atomic mass is 10.2. The Hall–Kier alpha value is -2.72. The van der Waals surface area contributed by atoms with E-state index in [1.807, 2.05) is 55.5 Å². The molecule has 134 valence electrons. The molecule has 1 N–H and O–H groups in total. The first kappa shape index (κ1) is 18.1. The molecule has 0 aliphatic rings. The van der Waals surface area contributed by atoms with Gasteiger partial charge in [-0.05, 0) is 61.0 Å². The number of hydrogen-bond donors (Lipinski definition) is 1. The molecular formula is C21H20ClNO3. The van der Waals surface area contributed by atoms with Crippen molar-refractivity contribution in [3.05, 3.63) is 77.0 Å². The van der Waals surface area contributed by atoms with Crippen molar-refractivity contribution in [3.8, 4) is 17.1 Å². The lowest BCUT2D eigenvalue weighted by Crippen LogP contribution is -2.22. The maximum atomic E-state index is 12.3. The van der Waals surface area contributed by atoms with Crippen molar-refractivity contribution in [1.29, 1.82) is 0 Å². The Labute approximate surface area is 157 Å².